The van der Waals surface area contributed by atoms with Gasteiger partial charge in [-0.15, -0.1) is 0 Å². The van der Waals surface area contributed by atoms with E-state index in [-0.39, 0.29) is 0 Å². The van der Waals surface area contributed by atoms with Gasteiger partial charge in [-0.1, -0.05) is 0 Å². The minimum Gasteiger partial charge on any atom is -0.382 e. The average Bonchev–Trinajstić information content (AvgIpc) is 2.76. The third-order valence-corrected chi connectivity index (χ3v) is 3.89. The minimum absolute atomic E-state index is 0.487. The Kier molecular flexibility index (Phi) is 2.63. The zero-order chi connectivity index (χ0) is 11.8. The number of piperazine rings is 1. The summed E-state index contributed by atoms with van der Waals surface area (Å²) in [5.74, 6) is 1.44. The maximum atomic E-state index is 5.58. The van der Waals surface area contributed by atoms with Gasteiger partial charge in [0.25, 0.3) is 0 Å². The second kappa shape index (κ2) is 4.14. The van der Waals surface area contributed by atoms with Crippen LogP contribution in [0.2, 0.25) is 0 Å². The number of hydrogen-bond acceptors (Lipinski definition) is 5. The van der Waals surface area contributed by atoms with Gasteiger partial charge in [0.05, 0.1) is 12.4 Å². The molecule has 92 valence electrons. The van der Waals surface area contributed by atoms with E-state index in [1.54, 1.807) is 12.4 Å². The first kappa shape index (κ1) is 10.8. The van der Waals surface area contributed by atoms with Gasteiger partial charge in [0, 0.05) is 25.2 Å². The van der Waals surface area contributed by atoms with Crippen LogP contribution in [-0.2, 0) is 0 Å². The van der Waals surface area contributed by atoms with E-state index in [4.69, 9.17) is 5.73 Å². The molecule has 2 aliphatic rings. The first-order chi connectivity index (χ1) is 8.24. The van der Waals surface area contributed by atoms with Crippen LogP contribution in [0, 0.1) is 0 Å². The molecule has 0 amide bonds. The molecule has 2 fully saturated rings. The molecule has 17 heavy (non-hydrogen) atoms. The topological polar surface area (TPSA) is 58.3 Å². The van der Waals surface area contributed by atoms with Crippen LogP contribution >= 0.6 is 0 Å². The number of hydrogen-bond donors (Lipinski definition) is 1. The lowest BCUT2D eigenvalue weighted by molar-refractivity contribution is 0.202. The molecule has 2 saturated heterocycles. The number of anilines is 2. The van der Waals surface area contributed by atoms with E-state index in [2.05, 4.69) is 26.7 Å². The average molecular weight is 233 g/mol. The smallest absolute Gasteiger partial charge is 0.147 e. The molecular formula is C12H19N5. The fraction of sp³-hybridized carbons (Fsp3) is 0.667. The molecular weight excluding hydrogens is 214 g/mol. The summed E-state index contributed by atoms with van der Waals surface area (Å²) in [6.07, 6.45) is 6.07. The van der Waals surface area contributed by atoms with Crippen LogP contribution in [0.1, 0.15) is 19.8 Å². The molecule has 0 spiro atoms. The second-order valence-electron chi connectivity index (χ2n) is 5.09. The van der Waals surface area contributed by atoms with Crippen LogP contribution in [0.4, 0.5) is 11.6 Å². The first-order valence-corrected chi connectivity index (χ1v) is 6.32. The largest absolute Gasteiger partial charge is 0.382 e. The first-order valence-electron chi connectivity index (χ1n) is 6.32. The van der Waals surface area contributed by atoms with Gasteiger partial charge in [0.15, 0.2) is 0 Å². The molecule has 3 rings (SSSR count). The molecule has 2 aliphatic heterocycles. The lowest BCUT2D eigenvalue weighted by atomic mass is 10.1. The predicted molar refractivity (Wildman–Crippen MR) is 67.8 cm³/mol. The SMILES string of the molecule is CC1CN2CCCC2CN1c1cnc(N)cn1. The molecule has 0 bridgehead atoms. The Morgan fingerprint density at radius 3 is 2.94 bits per heavy atom. The van der Waals surface area contributed by atoms with E-state index in [9.17, 15) is 0 Å². The van der Waals surface area contributed by atoms with Crippen molar-refractivity contribution in [1.29, 1.82) is 0 Å². The normalized spacial score (nSPS) is 29.4. The van der Waals surface area contributed by atoms with Gasteiger partial charge in [-0.05, 0) is 26.3 Å². The number of rotatable bonds is 1. The van der Waals surface area contributed by atoms with Crippen LogP contribution in [0.3, 0.4) is 0 Å². The molecule has 0 aliphatic carbocycles. The van der Waals surface area contributed by atoms with Gasteiger partial charge in [-0.25, -0.2) is 9.97 Å². The van der Waals surface area contributed by atoms with Crippen molar-refractivity contribution in [1.82, 2.24) is 14.9 Å². The van der Waals surface area contributed by atoms with E-state index in [1.807, 2.05) is 0 Å². The molecule has 2 atom stereocenters. The highest BCUT2D eigenvalue weighted by molar-refractivity contribution is 5.41. The second-order valence-corrected chi connectivity index (χ2v) is 5.09. The molecule has 2 N–H and O–H groups in total. The van der Waals surface area contributed by atoms with Crippen LogP contribution in [0.25, 0.3) is 0 Å². The Morgan fingerprint density at radius 2 is 2.18 bits per heavy atom. The summed E-state index contributed by atoms with van der Waals surface area (Å²) in [4.78, 5) is 13.5. The van der Waals surface area contributed by atoms with Gasteiger partial charge in [0.1, 0.15) is 11.6 Å². The Balaban J connectivity index is 1.80. The minimum atomic E-state index is 0.487. The van der Waals surface area contributed by atoms with Crippen LogP contribution in [0.5, 0.6) is 0 Å². The number of nitrogens with zero attached hydrogens (tertiary/aromatic N) is 4. The molecule has 0 saturated carbocycles. The van der Waals surface area contributed by atoms with E-state index in [0.29, 0.717) is 17.9 Å². The molecule has 1 aromatic rings. The number of aromatic nitrogens is 2. The maximum Gasteiger partial charge on any atom is 0.147 e. The van der Waals surface area contributed by atoms with Crippen molar-refractivity contribution in [3.63, 3.8) is 0 Å². The monoisotopic (exact) mass is 233 g/mol. The highest BCUT2D eigenvalue weighted by atomic mass is 15.3. The lowest BCUT2D eigenvalue weighted by Crippen LogP contribution is -2.55. The van der Waals surface area contributed by atoms with E-state index >= 15 is 0 Å². The molecule has 1 aromatic heterocycles. The summed E-state index contributed by atoms with van der Waals surface area (Å²) in [5.41, 5.74) is 5.58. The van der Waals surface area contributed by atoms with Crippen LogP contribution < -0.4 is 10.6 Å². The van der Waals surface area contributed by atoms with Crippen molar-refractivity contribution in [2.45, 2.75) is 31.8 Å². The molecule has 0 radical (unpaired) electrons. The zero-order valence-electron chi connectivity index (χ0n) is 10.2. The molecule has 5 nitrogen and oxygen atoms in total. The fourth-order valence-corrected chi connectivity index (χ4v) is 2.99. The Hall–Kier alpha value is -1.36. The summed E-state index contributed by atoms with van der Waals surface area (Å²) >= 11 is 0. The van der Waals surface area contributed by atoms with Crippen molar-refractivity contribution in [2.75, 3.05) is 30.3 Å². The summed E-state index contributed by atoms with van der Waals surface area (Å²) in [5, 5.41) is 0. The predicted octanol–water partition coefficient (Wildman–Crippen LogP) is 0.732. The molecule has 2 unspecified atom stereocenters. The number of nitrogen functional groups attached to an aromatic ring is 1. The third-order valence-electron chi connectivity index (χ3n) is 3.89. The van der Waals surface area contributed by atoms with Gasteiger partial charge >= 0.3 is 0 Å². The number of fused-ring (bicyclic) bond motifs is 1. The Bertz CT molecular complexity index is 390. The van der Waals surface area contributed by atoms with Crippen LogP contribution in [-0.4, -0.2) is 46.6 Å². The van der Waals surface area contributed by atoms with Crippen molar-refractivity contribution >= 4 is 11.6 Å². The highest BCUT2D eigenvalue weighted by Crippen LogP contribution is 2.27. The molecule has 5 heteroatoms. The Labute approximate surface area is 102 Å². The summed E-state index contributed by atoms with van der Waals surface area (Å²) in [6.45, 7) is 5.72. The van der Waals surface area contributed by atoms with Gasteiger partial charge < -0.3 is 10.6 Å². The van der Waals surface area contributed by atoms with Crippen molar-refractivity contribution in [3.05, 3.63) is 12.4 Å². The summed E-state index contributed by atoms with van der Waals surface area (Å²) < 4.78 is 0. The van der Waals surface area contributed by atoms with Gasteiger partial charge in [-0.3, -0.25) is 4.90 Å². The van der Waals surface area contributed by atoms with Crippen LogP contribution in [0.15, 0.2) is 12.4 Å². The van der Waals surface area contributed by atoms with Crippen molar-refractivity contribution in [3.8, 4) is 0 Å². The maximum absolute atomic E-state index is 5.58. The standard InChI is InChI=1S/C12H19N5/c1-9-7-16-4-2-3-10(16)8-17(9)12-6-14-11(13)5-15-12/h5-6,9-10H,2-4,7-8H2,1H3,(H2,13,14). The zero-order valence-corrected chi connectivity index (χ0v) is 10.2. The van der Waals surface area contributed by atoms with Gasteiger partial charge in [0.2, 0.25) is 0 Å². The van der Waals surface area contributed by atoms with E-state index in [1.165, 1.54) is 19.4 Å². The van der Waals surface area contributed by atoms with Gasteiger partial charge in [-0.2, -0.15) is 0 Å². The quantitative estimate of drug-likeness (QED) is 0.775. The fourth-order valence-electron chi connectivity index (χ4n) is 2.99. The lowest BCUT2D eigenvalue weighted by Gasteiger charge is -2.42. The highest BCUT2D eigenvalue weighted by Gasteiger charge is 2.34. The molecule has 3 heterocycles. The Morgan fingerprint density at radius 1 is 1.29 bits per heavy atom. The summed E-state index contributed by atoms with van der Waals surface area (Å²) in [7, 11) is 0. The summed E-state index contributed by atoms with van der Waals surface area (Å²) in [6, 6.07) is 1.20. The van der Waals surface area contributed by atoms with Crippen molar-refractivity contribution < 1.29 is 0 Å². The van der Waals surface area contributed by atoms with E-state index in [0.717, 1.165) is 18.9 Å². The van der Waals surface area contributed by atoms with Crippen molar-refractivity contribution in [2.24, 2.45) is 0 Å². The number of nitrogens with two attached hydrogens (primary N) is 1. The molecule has 0 aromatic carbocycles. The van der Waals surface area contributed by atoms with E-state index < -0.39 is 0 Å². The third kappa shape index (κ3) is 1.95.